The van der Waals surface area contributed by atoms with Crippen LogP contribution in [0.15, 0.2) is 180 Å². The first kappa shape index (κ1) is 45.8. The Morgan fingerprint density at radius 3 is 0.941 bits per heavy atom. The molecule has 8 aromatic rings. The molecule has 0 radical (unpaired) electrons. The zero-order valence-electron chi connectivity index (χ0n) is 35.1. The van der Waals surface area contributed by atoms with Crippen LogP contribution in [0.5, 0.6) is 0 Å². The van der Waals surface area contributed by atoms with Gasteiger partial charge in [0, 0.05) is 67.2 Å². The molecule has 0 spiro atoms. The van der Waals surface area contributed by atoms with E-state index in [-0.39, 0.29) is 9.79 Å². The van der Waals surface area contributed by atoms with Gasteiger partial charge in [-0.1, -0.05) is 36.4 Å². The summed E-state index contributed by atoms with van der Waals surface area (Å²) in [6, 6.07) is 42.0. The first-order chi connectivity index (χ1) is 32.5. The third kappa shape index (κ3) is 10.8. The molecule has 340 valence electrons. The van der Waals surface area contributed by atoms with Crippen molar-refractivity contribution in [2.24, 2.45) is 0 Å². The maximum absolute atomic E-state index is 13.0. The van der Waals surface area contributed by atoms with E-state index in [0.29, 0.717) is 77.9 Å². The summed E-state index contributed by atoms with van der Waals surface area (Å²) in [7, 11) is -8.80. The molecule has 8 rings (SSSR count). The van der Waals surface area contributed by atoms with E-state index in [0.717, 1.165) is 0 Å². The van der Waals surface area contributed by atoms with Crippen molar-refractivity contribution >= 4 is 106 Å². The zero-order chi connectivity index (χ0) is 48.2. The molecule has 0 atom stereocenters. The van der Waals surface area contributed by atoms with Gasteiger partial charge in [0.15, 0.2) is 0 Å². The predicted octanol–water partition coefficient (Wildman–Crippen LogP) is 9.14. The Kier molecular flexibility index (Phi) is 12.8. The lowest BCUT2D eigenvalue weighted by molar-refractivity contribution is 0.101. The predicted molar refractivity (Wildman–Crippen MR) is 258 cm³/mol. The molecular formula is C49H36N6O11S2. The van der Waals surface area contributed by atoms with Crippen molar-refractivity contribution in [3.63, 3.8) is 0 Å². The van der Waals surface area contributed by atoms with Gasteiger partial charge in [-0.05, 0) is 144 Å². The largest absolute Gasteiger partial charge is 0.323 e. The van der Waals surface area contributed by atoms with Crippen molar-refractivity contribution in [2.45, 2.75) is 9.79 Å². The Balaban J connectivity index is 0.790. The normalized spacial score (nSPS) is 11.3. The number of anilines is 6. The molecule has 8 N–H and O–H groups in total. The summed E-state index contributed by atoms with van der Waals surface area (Å²) in [5.74, 6) is -1.77. The molecule has 68 heavy (non-hydrogen) atoms. The molecule has 8 aromatic carbocycles. The fourth-order valence-electron chi connectivity index (χ4n) is 6.97. The molecule has 0 bridgehead atoms. The molecule has 0 aliphatic heterocycles. The number of hydrogen-bond acceptors (Lipinski definition) is 9. The highest BCUT2D eigenvalue weighted by molar-refractivity contribution is 7.86. The second-order valence-electron chi connectivity index (χ2n) is 15.0. The van der Waals surface area contributed by atoms with Crippen LogP contribution in [0.4, 0.5) is 38.9 Å². The molecule has 0 saturated heterocycles. The van der Waals surface area contributed by atoms with Crippen molar-refractivity contribution in [3.8, 4) is 0 Å². The summed E-state index contributed by atoms with van der Waals surface area (Å²) < 4.78 is 64.9. The first-order valence-electron chi connectivity index (χ1n) is 20.2. The van der Waals surface area contributed by atoms with Crippen molar-refractivity contribution in [1.29, 1.82) is 0 Å². The molecule has 0 heterocycles. The molecule has 0 aliphatic rings. The van der Waals surface area contributed by atoms with Gasteiger partial charge in [0.1, 0.15) is 0 Å². The van der Waals surface area contributed by atoms with Gasteiger partial charge in [-0.25, -0.2) is 4.79 Å². The van der Waals surface area contributed by atoms with E-state index in [1.807, 2.05) is 0 Å². The number of carbonyl (C=O) groups excluding carboxylic acids is 5. The average molecular weight is 949 g/mol. The molecule has 6 amide bonds. The van der Waals surface area contributed by atoms with Gasteiger partial charge in [0.25, 0.3) is 43.9 Å². The van der Waals surface area contributed by atoms with E-state index in [1.165, 1.54) is 84.9 Å². The number of rotatable bonds is 12. The number of carbonyl (C=O) groups is 5. The van der Waals surface area contributed by atoms with Crippen molar-refractivity contribution in [1.82, 2.24) is 0 Å². The number of nitrogens with one attached hydrogen (secondary N) is 6. The second-order valence-corrected chi connectivity index (χ2v) is 17.9. The Labute approximate surface area is 387 Å². The van der Waals surface area contributed by atoms with E-state index >= 15 is 0 Å². The molecule has 0 aliphatic carbocycles. The highest BCUT2D eigenvalue weighted by atomic mass is 32.2. The van der Waals surface area contributed by atoms with Gasteiger partial charge in [-0.3, -0.25) is 28.3 Å². The van der Waals surface area contributed by atoms with Crippen LogP contribution >= 0.6 is 0 Å². The van der Waals surface area contributed by atoms with Crippen LogP contribution in [-0.2, 0) is 20.2 Å². The summed E-state index contributed by atoms with van der Waals surface area (Å²) in [6.07, 6.45) is 0. The van der Waals surface area contributed by atoms with Gasteiger partial charge < -0.3 is 31.9 Å². The van der Waals surface area contributed by atoms with E-state index in [4.69, 9.17) is 0 Å². The van der Waals surface area contributed by atoms with E-state index in [9.17, 15) is 49.9 Å². The van der Waals surface area contributed by atoms with Gasteiger partial charge in [-0.2, -0.15) is 16.8 Å². The molecule has 0 aromatic heterocycles. The molecule has 19 heteroatoms. The topological polar surface area (TPSA) is 266 Å². The maximum atomic E-state index is 13.0. The van der Waals surface area contributed by atoms with Crippen LogP contribution in [0.1, 0.15) is 41.4 Å². The maximum Gasteiger partial charge on any atom is 0.323 e. The lowest BCUT2D eigenvalue weighted by Crippen LogP contribution is -2.20. The average Bonchev–Trinajstić information content (AvgIpc) is 3.31. The molecule has 17 nitrogen and oxygen atoms in total. The lowest BCUT2D eigenvalue weighted by Gasteiger charge is -2.11. The Hall–Kier alpha value is -8.75. The van der Waals surface area contributed by atoms with Gasteiger partial charge >= 0.3 is 6.03 Å². The van der Waals surface area contributed by atoms with Gasteiger partial charge in [0.2, 0.25) is 0 Å². The summed E-state index contributed by atoms with van der Waals surface area (Å²) >= 11 is 0. The number of urea groups is 1. The quantitative estimate of drug-likeness (QED) is 0.0535. The van der Waals surface area contributed by atoms with E-state index in [1.54, 1.807) is 84.9 Å². The van der Waals surface area contributed by atoms with Crippen LogP contribution < -0.4 is 31.9 Å². The number of hydrogen-bond donors (Lipinski definition) is 8. The van der Waals surface area contributed by atoms with Crippen LogP contribution in [0.3, 0.4) is 0 Å². The Bertz CT molecular complexity index is 3300. The van der Waals surface area contributed by atoms with Crippen molar-refractivity contribution in [3.05, 3.63) is 192 Å². The van der Waals surface area contributed by atoms with Crippen molar-refractivity contribution in [2.75, 3.05) is 31.9 Å². The van der Waals surface area contributed by atoms with Crippen LogP contribution in [-0.4, -0.2) is 55.6 Å². The highest BCUT2D eigenvalue weighted by Crippen LogP contribution is 2.29. The van der Waals surface area contributed by atoms with E-state index < -0.39 is 49.9 Å². The lowest BCUT2D eigenvalue weighted by atomic mass is 10.1. The minimum absolute atomic E-state index is 0.268. The monoisotopic (exact) mass is 948 g/mol. The summed E-state index contributed by atoms with van der Waals surface area (Å²) in [5.41, 5.74) is 3.65. The standard InChI is InChI=1S/C49H36N6O11S2/c56-45(50-35-15-7-31(8-16-35)47(58)54-43-5-1-3-33-27-39(67(61,62)63)23-25-41(33)43)29-11-19-37(20-12-29)52-49(60)53-38-21-13-30(14-22-38)46(57)51-36-17-9-32(10-18-36)48(59)55-44-6-2-4-34-28-40(68(64,65)66)24-26-42(34)44/h1-28H,(H,50,56)(H,51,57)(H,54,58)(H,55,59)(H2,52,53,60)(H,61,62,63)(H,64,65,66). The third-order valence-electron chi connectivity index (χ3n) is 10.4. The van der Waals surface area contributed by atoms with Gasteiger partial charge in [0.05, 0.1) is 9.79 Å². The summed E-state index contributed by atoms with van der Waals surface area (Å²) in [5, 5.41) is 18.6. The first-order valence-corrected chi connectivity index (χ1v) is 23.1. The summed E-state index contributed by atoms with van der Waals surface area (Å²) in [6.45, 7) is 0. The molecular weight excluding hydrogens is 913 g/mol. The third-order valence-corrected chi connectivity index (χ3v) is 12.1. The molecule has 0 fully saturated rings. The van der Waals surface area contributed by atoms with Crippen LogP contribution in [0, 0.1) is 0 Å². The molecule has 0 unspecified atom stereocenters. The Morgan fingerprint density at radius 1 is 0.338 bits per heavy atom. The number of fused-ring (bicyclic) bond motifs is 2. The summed E-state index contributed by atoms with van der Waals surface area (Å²) in [4.78, 5) is 64.3. The SMILES string of the molecule is O=C(Nc1ccc(C(=O)Nc2ccc(C(=O)Nc3cccc4cc(S(=O)(=O)O)ccc34)cc2)cc1)Nc1ccc(C(=O)Nc2ccc(C(=O)Nc3cccc4cc(S(=O)(=O)O)ccc34)cc2)cc1. The minimum Gasteiger partial charge on any atom is -0.322 e. The number of benzene rings is 8. The number of amides is 6. The zero-order valence-corrected chi connectivity index (χ0v) is 36.7. The van der Waals surface area contributed by atoms with Crippen molar-refractivity contribution < 1.29 is 49.9 Å². The fraction of sp³-hybridized carbons (Fsp3) is 0. The minimum atomic E-state index is -4.40. The van der Waals surface area contributed by atoms with Gasteiger partial charge in [-0.15, -0.1) is 0 Å². The smallest absolute Gasteiger partial charge is 0.322 e. The van der Waals surface area contributed by atoms with Crippen LogP contribution in [0.25, 0.3) is 21.5 Å². The second kappa shape index (κ2) is 19.0. The molecule has 0 saturated carbocycles. The Morgan fingerprint density at radius 2 is 0.632 bits per heavy atom. The highest BCUT2D eigenvalue weighted by Gasteiger charge is 2.16. The van der Waals surface area contributed by atoms with Crippen LogP contribution in [0.2, 0.25) is 0 Å². The fourth-order valence-corrected chi connectivity index (χ4v) is 8.00. The van der Waals surface area contributed by atoms with E-state index in [2.05, 4.69) is 31.9 Å².